The van der Waals surface area contributed by atoms with Gasteiger partial charge in [-0.25, -0.2) is 9.59 Å². The number of aromatic nitrogens is 2. The van der Waals surface area contributed by atoms with Crippen LogP contribution in [0.1, 0.15) is 63.5 Å². The normalized spacial score (nSPS) is 18.3. The van der Waals surface area contributed by atoms with E-state index < -0.39 is 0 Å². The van der Waals surface area contributed by atoms with Gasteiger partial charge in [0.25, 0.3) is 5.56 Å². The minimum Gasteiger partial charge on any atom is -0.447 e. The highest BCUT2D eigenvalue weighted by Gasteiger charge is 2.25. The first-order valence-electron chi connectivity index (χ1n) is 14.0. The lowest BCUT2D eigenvalue weighted by Crippen LogP contribution is -2.48. The monoisotopic (exact) mass is 536 g/mol. The summed E-state index contributed by atoms with van der Waals surface area (Å²) >= 11 is 0. The van der Waals surface area contributed by atoms with Crippen molar-refractivity contribution in [3.8, 4) is 6.07 Å². The number of hydrogen-bond donors (Lipinski definition) is 1. The molecule has 0 saturated carbocycles. The fraction of sp³-hybridized carbons (Fsp3) is 0.586. The predicted octanol–water partition coefficient (Wildman–Crippen LogP) is 2.89. The van der Waals surface area contributed by atoms with Crippen molar-refractivity contribution in [2.75, 3.05) is 31.1 Å². The van der Waals surface area contributed by atoms with E-state index in [0.29, 0.717) is 49.9 Å². The summed E-state index contributed by atoms with van der Waals surface area (Å²) in [4.78, 5) is 42.8. The molecular formula is C29H40N6O4. The van der Waals surface area contributed by atoms with Crippen molar-refractivity contribution in [3.05, 3.63) is 62.3 Å². The van der Waals surface area contributed by atoms with Crippen LogP contribution in [0.15, 0.2) is 39.9 Å². The number of carbonyl (C=O) groups is 1. The van der Waals surface area contributed by atoms with Crippen LogP contribution >= 0.6 is 0 Å². The maximum atomic E-state index is 13.7. The summed E-state index contributed by atoms with van der Waals surface area (Å²) in [5.41, 5.74) is 6.92. The van der Waals surface area contributed by atoms with Crippen LogP contribution in [-0.4, -0.2) is 58.5 Å². The van der Waals surface area contributed by atoms with E-state index >= 15 is 0 Å². The van der Waals surface area contributed by atoms with Gasteiger partial charge in [0.1, 0.15) is 5.82 Å². The lowest BCUT2D eigenvalue weighted by atomic mass is 9.92. The number of ether oxygens (including phenoxy) is 1. The number of piperidine rings is 2. The van der Waals surface area contributed by atoms with Gasteiger partial charge < -0.3 is 20.3 Å². The van der Waals surface area contributed by atoms with E-state index in [0.717, 1.165) is 44.2 Å². The third-order valence-electron chi connectivity index (χ3n) is 7.64. The number of hydrogen-bond acceptors (Lipinski definition) is 7. The molecule has 1 aromatic carbocycles. The number of likely N-dealkylation sites (tertiary alicyclic amines) is 1. The lowest BCUT2D eigenvalue weighted by molar-refractivity contribution is 0.0645. The van der Waals surface area contributed by atoms with Crippen LogP contribution in [0.3, 0.4) is 0 Å². The predicted molar refractivity (Wildman–Crippen MR) is 150 cm³/mol. The van der Waals surface area contributed by atoms with E-state index in [-0.39, 0.29) is 36.0 Å². The number of anilines is 1. The summed E-state index contributed by atoms with van der Waals surface area (Å²) in [6, 6.07) is 10.9. The molecule has 2 aliphatic heterocycles. The fourth-order valence-electron chi connectivity index (χ4n) is 5.58. The van der Waals surface area contributed by atoms with Crippen molar-refractivity contribution in [3.63, 3.8) is 0 Å². The van der Waals surface area contributed by atoms with Crippen LogP contribution in [0.25, 0.3) is 0 Å². The van der Waals surface area contributed by atoms with Crippen LogP contribution < -0.4 is 21.9 Å². The molecule has 0 radical (unpaired) electrons. The van der Waals surface area contributed by atoms with Crippen molar-refractivity contribution in [1.82, 2.24) is 14.0 Å². The van der Waals surface area contributed by atoms with Crippen molar-refractivity contribution in [1.29, 1.82) is 5.26 Å². The standard InChI is InChI=1S/C29H40N6O4/c1-21(2)39-29(38)32-14-10-22(11-15-32)8-4-13-34-27(36)17-26(33-12-5-9-25(31)20-33)35(28(34)37)19-24-7-3-6-23(16-24)18-30/h3,6-7,16-17,21-22,25H,4-5,8-15,19-20,31H2,1-2H3/t25-/m1/s1. The van der Waals surface area contributed by atoms with E-state index in [2.05, 4.69) is 6.07 Å². The van der Waals surface area contributed by atoms with Crippen LogP contribution in [0.2, 0.25) is 0 Å². The molecule has 4 rings (SSSR count). The molecule has 10 nitrogen and oxygen atoms in total. The highest BCUT2D eigenvalue weighted by molar-refractivity contribution is 5.67. The highest BCUT2D eigenvalue weighted by Crippen LogP contribution is 2.23. The molecule has 0 spiro atoms. The van der Waals surface area contributed by atoms with Gasteiger partial charge in [-0.1, -0.05) is 12.1 Å². The molecule has 39 heavy (non-hydrogen) atoms. The molecule has 1 aromatic heterocycles. The van der Waals surface area contributed by atoms with E-state index in [1.54, 1.807) is 33.7 Å². The first-order chi connectivity index (χ1) is 18.7. The second-order valence-electron chi connectivity index (χ2n) is 11.0. The van der Waals surface area contributed by atoms with Gasteiger partial charge in [0, 0.05) is 44.8 Å². The second-order valence-corrected chi connectivity index (χ2v) is 11.0. The van der Waals surface area contributed by atoms with Gasteiger partial charge in [-0.3, -0.25) is 13.9 Å². The number of nitriles is 1. The molecule has 210 valence electrons. The van der Waals surface area contributed by atoms with E-state index in [4.69, 9.17) is 10.5 Å². The fourth-order valence-corrected chi connectivity index (χ4v) is 5.58. The van der Waals surface area contributed by atoms with Crippen molar-refractivity contribution >= 4 is 11.9 Å². The molecule has 3 heterocycles. The van der Waals surface area contributed by atoms with Crippen LogP contribution in [0.5, 0.6) is 0 Å². The smallest absolute Gasteiger partial charge is 0.410 e. The zero-order valence-corrected chi connectivity index (χ0v) is 23.1. The van der Waals surface area contributed by atoms with E-state index in [9.17, 15) is 19.6 Å². The Labute approximate surface area is 229 Å². The lowest BCUT2D eigenvalue weighted by Gasteiger charge is -2.34. The van der Waals surface area contributed by atoms with Gasteiger partial charge in [-0.2, -0.15) is 5.26 Å². The topological polar surface area (TPSA) is 127 Å². The maximum Gasteiger partial charge on any atom is 0.410 e. The molecule has 2 fully saturated rings. The molecule has 1 amide bonds. The number of rotatable bonds is 8. The van der Waals surface area contributed by atoms with E-state index in [1.165, 1.54) is 4.57 Å². The summed E-state index contributed by atoms with van der Waals surface area (Å²) in [7, 11) is 0. The van der Waals surface area contributed by atoms with Crippen LogP contribution in [0, 0.1) is 17.2 Å². The Bertz CT molecular complexity index is 1300. The van der Waals surface area contributed by atoms with Crippen molar-refractivity contribution in [2.24, 2.45) is 11.7 Å². The van der Waals surface area contributed by atoms with Gasteiger partial charge in [0.2, 0.25) is 0 Å². The summed E-state index contributed by atoms with van der Waals surface area (Å²) < 4.78 is 8.28. The Morgan fingerprint density at radius 1 is 1.13 bits per heavy atom. The third kappa shape index (κ3) is 7.30. The maximum absolute atomic E-state index is 13.7. The zero-order chi connectivity index (χ0) is 27.9. The first kappa shape index (κ1) is 28.4. The quantitative estimate of drug-likeness (QED) is 0.550. The van der Waals surface area contributed by atoms with Gasteiger partial charge >= 0.3 is 11.8 Å². The molecule has 1 atom stereocenters. The van der Waals surface area contributed by atoms with Crippen molar-refractivity contribution in [2.45, 2.75) is 77.6 Å². The van der Waals surface area contributed by atoms with Crippen LogP contribution in [-0.2, 0) is 17.8 Å². The molecule has 2 N–H and O–H groups in total. The number of benzene rings is 1. The Kier molecular flexibility index (Phi) is 9.46. The minimum absolute atomic E-state index is 0.00898. The summed E-state index contributed by atoms with van der Waals surface area (Å²) in [5, 5.41) is 9.32. The summed E-state index contributed by atoms with van der Waals surface area (Å²) in [6.45, 7) is 6.94. The minimum atomic E-state index is -0.342. The Morgan fingerprint density at radius 3 is 2.59 bits per heavy atom. The van der Waals surface area contributed by atoms with Gasteiger partial charge in [0.05, 0.1) is 24.3 Å². The summed E-state index contributed by atoms with van der Waals surface area (Å²) in [6.07, 6.45) is 4.78. The molecule has 2 aliphatic rings. The molecule has 2 aromatic rings. The molecule has 0 aliphatic carbocycles. The molecule has 0 bridgehead atoms. The number of amides is 1. The molecule has 2 saturated heterocycles. The average Bonchev–Trinajstić information content (AvgIpc) is 2.92. The SMILES string of the molecule is CC(C)OC(=O)N1CCC(CCCn2c(=O)cc(N3CCC[C@@H](N)C3)n(Cc3cccc(C#N)c3)c2=O)CC1. The molecule has 0 unspecified atom stereocenters. The number of carbonyl (C=O) groups excluding carboxylic acids is 1. The molecular weight excluding hydrogens is 496 g/mol. The van der Waals surface area contributed by atoms with Gasteiger partial charge in [-0.15, -0.1) is 0 Å². The van der Waals surface area contributed by atoms with Gasteiger partial charge in [0.15, 0.2) is 0 Å². The summed E-state index contributed by atoms with van der Waals surface area (Å²) in [5.74, 6) is 1.02. The highest BCUT2D eigenvalue weighted by atomic mass is 16.6. The Morgan fingerprint density at radius 2 is 1.90 bits per heavy atom. The van der Waals surface area contributed by atoms with Gasteiger partial charge in [-0.05, 0) is 76.0 Å². The number of nitrogens with zero attached hydrogens (tertiary/aromatic N) is 5. The Hall–Kier alpha value is -3.58. The second kappa shape index (κ2) is 13.0. The van der Waals surface area contributed by atoms with Crippen molar-refractivity contribution < 1.29 is 9.53 Å². The molecule has 10 heteroatoms. The van der Waals surface area contributed by atoms with Crippen LogP contribution in [0.4, 0.5) is 10.6 Å². The first-order valence-corrected chi connectivity index (χ1v) is 14.0. The Balaban J connectivity index is 1.48. The third-order valence-corrected chi connectivity index (χ3v) is 7.64. The largest absolute Gasteiger partial charge is 0.447 e. The average molecular weight is 537 g/mol. The van der Waals surface area contributed by atoms with E-state index in [1.807, 2.05) is 24.8 Å². The zero-order valence-electron chi connectivity index (χ0n) is 23.1. The number of nitrogens with two attached hydrogens (primary N) is 1.